The summed E-state index contributed by atoms with van der Waals surface area (Å²) in [5, 5.41) is 0. The number of nitrogens with two attached hydrogens (primary N) is 1. The summed E-state index contributed by atoms with van der Waals surface area (Å²) < 4.78 is 2.14. The van der Waals surface area contributed by atoms with E-state index in [1.165, 1.54) is 11.1 Å². The summed E-state index contributed by atoms with van der Waals surface area (Å²) in [4.78, 5) is 4.24. The highest BCUT2D eigenvalue weighted by molar-refractivity contribution is 5.23. The summed E-state index contributed by atoms with van der Waals surface area (Å²) in [6, 6.07) is 8.78. The molecule has 19 heavy (non-hydrogen) atoms. The minimum absolute atomic E-state index is 0.0393. The molecule has 1 unspecified atom stereocenters. The van der Waals surface area contributed by atoms with Gasteiger partial charge in [0, 0.05) is 18.8 Å². The molecule has 0 fully saturated rings. The summed E-state index contributed by atoms with van der Waals surface area (Å²) in [6.07, 6.45) is 4.82. The lowest BCUT2D eigenvalue weighted by atomic mass is 10.0. The van der Waals surface area contributed by atoms with Crippen molar-refractivity contribution < 1.29 is 0 Å². The molecule has 0 bridgehead atoms. The lowest BCUT2D eigenvalue weighted by Crippen LogP contribution is -2.20. The van der Waals surface area contributed by atoms with Crippen LogP contribution in [0.25, 0.3) is 0 Å². The normalized spacial score (nSPS) is 12.9. The van der Waals surface area contributed by atoms with Gasteiger partial charge in [-0.3, -0.25) is 0 Å². The fraction of sp³-hybridized carbons (Fsp3) is 0.438. The van der Waals surface area contributed by atoms with Gasteiger partial charge in [-0.15, -0.1) is 0 Å². The van der Waals surface area contributed by atoms with Crippen LogP contribution in [0.4, 0.5) is 0 Å². The van der Waals surface area contributed by atoms with Crippen molar-refractivity contribution in [3.05, 3.63) is 53.6 Å². The number of aryl methyl sites for hydroxylation is 1. The maximum absolute atomic E-state index is 6.22. The highest BCUT2D eigenvalue weighted by Crippen LogP contribution is 2.19. The molecular formula is C16H23N3. The van der Waals surface area contributed by atoms with E-state index >= 15 is 0 Å². The fourth-order valence-corrected chi connectivity index (χ4v) is 2.16. The van der Waals surface area contributed by atoms with E-state index in [2.05, 4.69) is 54.6 Å². The predicted octanol–water partition coefficient (Wildman–Crippen LogP) is 3.15. The van der Waals surface area contributed by atoms with Gasteiger partial charge in [-0.25, -0.2) is 4.98 Å². The molecule has 0 spiro atoms. The third-order valence-electron chi connectivity index (χ3n) is 3.59. The van der Waals surface area contributed by atoms with Crippen LogP contribution >= 0.6 is 0 Å². The first-order valence-electron chi connectivity index (χ1n) is 6.95. The number of benzene rings is 1. The van der Waals surface area contributed by atoms with Crippen LogP contribution in [-0.4, -0.2) is 9.55 Å². The van der Waals surface area contributed by atoms with Crippen molar-refractivity contribution >= 4 is 0 Å². The molecular weight excluding hydrogens is 234 g/mol. The van der Waals surface area contributed by atoms with Gasteiger partial charge in [-0.2, -0.15) is 0 Å². The van der Waals surface area contributed by atoms with Crippen LogP contribution in [0, 0.1) is 5.92 Å². The zero-order valence-corrected chi connectivity index (χ0v) is 12.0. The van der Waals surface area contributed by atoms with Crippen molar-refractivity contribution in [2.24, 2.45) is 11.7 Å². The molecule has 1 heterocycles. The average molecular weight is 257 g/mol. The van der Waals surface area contributed by atoms with Gasteiger partial charge in [0.25, 0.3) is 0 Å². The molecule has 3 heteroatoms. The van der Waals surface area contributed by atoms with Crippen LogP contribution in [0.1, 0.15) is 43.6 Å². The molecule has 0 aliphatic heterocycles. The van der Waals surface area contributed by atoms with Gasteiger partial charge >= 0.3 is 0 Å². The van der Waals surface area contributed by atoms with Gasteiger partial charge < -0.3 is 10.3 Å². The Balaban J connectivity index is 2.16. The maximum Gasteiger partial charge on any atom is 0.0951 e. The summed E-state index contributed by atoms with van der Waals surface area (Å²) in [7, 11) is 0. The quantitative estimate of drug-likeness (QED) is 0.894. The lowest BCUT2D eigenvalue weighted by Gasteiger charge is -2.18. The molecule has 102 valence electrons. The largest absolute Gasteiger partial charge is 0.329 e. The molecule has 0 aliphatic carbocycles. The Hall–Kier alpha value is -1.61. The third kappa shape index (κ3) is 3.24. The Morgan fingerprint density at radius 1 is 1.16 bits per heavy atom. The van der Waals surface area contributed by atoms with Crippen molar-refractivity contribution in [2.75, 3.05) is 0 Å². The first kappa shape index (κ1) is 13.8. The summed E-state index contributed by atoms with van der Waals surface area (Å²) >= 11 is 0. The monoisotopic (exact) mass is 257 g/mol. The highest BCUT2D eigenvalue weighted by atomic mass is 15.1. The van der Waals surface area contributed by atoms with Crippen LogP contribution in [0.3, 0.4) is 0 Å². The molecule has 1 aromatic heterocycles. The molecule has 0 saturated heterocycles. The number of rotatable bonds is 5. The Morgan fingerprint density at radius 2 is 1.79 bits per heavy atom. The molecule has 2 rings (SSSR count). The summed E-state index contributed by atoms with van der Waals surface area (Å²) in [5.74, 6) is 0.415. The molecule has 2 N–H and O–H groups in total. The van der Waals surface area contributed by atoms with Gasteiger partial charge in [0.1, 0.15) is 0 Å². The fourth-order valence-electron chi connectivity index (χ4n) is 2.16. The molecule has 2 aromatic rings. The first-order valence-corrected chi connectivity index (χ1v) is 6.95. The van der Waals surface area contributed by atoms with E-state index in [1.54, 1.807) is 0 Å². The van der Waals surface area contributed by atoms with Gasteiger partial charge in [0.2, 0.25) is 0 Å². The molecule has 0 aliphatic rings. The molecule has 0 radical (unpaired) electrons. The van der Waals surface area contributed by atoms with Gasteiger partial charge in [0.05, 0.1) is 12.0 Å². The van der Waals surface area contributed by atoms with E-state index < -0.39 is 0 Å². The second kappa shape index (κ2) is 6.02. The van der Waals surface area contributed by atoms with Gasteiger partial charge in [-0.05, 0) is 23.5 Å². The summed E-state index contributed by atoms with van der Waals surface area (Å²) in [5.41, 5.74) is 9.98. The molecule has 0 amide bonds. The molecule has 1 aromatic carbocycles. The van der Waals surface area contributed by atoms with Crippen molar-refractivity contribution in [2.45, 2.75) is 39.8 Å². The molecule has 1 atom stereocenters. The van der Waals surface area contributed by atoms with Crippen LogP contribution in [0.15, 0.2) is 36.8 Å². The van der Waals surface area contributed by atoms with E-state index in [4.69, 9.17) is 5.73 Å². The van der Waals surface area contributed by atoms with Crippen LogP contribution < -0.4 is 5.73 Å². The standard InChI is InChI=1S/C16H23N3/c1-4-13-5-7-14(8-6-13)10-19-11-18-9-15(19)16(17)12(2)3/h5-9,11-12,16H,4,10,17H2,1-3H3. The number of hydrogen-bond acceptors (Lipinski definition) is 2. The van der Waals surface area contributed by atoms with Crippen LogP contribution in [0.5, 0.6) is 0 Å². The third-order valence-corrected chi connectivity index (χ3v) is 3.59. The smallest absolute Gasteiger partial charge is 0.0951 e. The van der Waals surface area contributed by atoms with Gasteiger partial charge in [0.15, 0.2) is 0 Å². The van der Waals surface area contributed by atoms with Crippen molar-refractivity contribution in [1.82, 2.24) is 9.55 Å². The van der Waals surface area contributed by atoms with Crippen molar-refractivity contribution in [3.63, 3.8) is 0 Å². The van der Waals surface area contributed by atoms with Crippen molar-refractivity contribution in [1.29, 1.82) is 0 Å². The van der Waals surface area contributed by atoms with E-state index in [9.17, 15) is 0 Å². The number of hydrogen-bond donors (Lipinski definition) is 1. The second-order valence-corrected chi connectivity index (χ2v) is 5.39. The SMILES string of the molecule is CCc1ccc(Cn2cncc2C(N)C(C)C)cc1. The number of aromatic nitrogens is 2. The van der Waals surface area contributed by atoms with Gasteiger partial charge in [-0.1, -0.05) is 45.0 Å². The second-order valence-electron chi connectivity index (χ2n) is 5.39. The minimum atomic E-state index is 0.0393. The van der Waals surface area contributed by atoms with E-state index in [0.717, 1.165) is 18.7 Å². The van der Waals surface area contributed by atoms with Crippen LogP contribution in [-0.2, 0) is 13.0 Å². The minimum Gasteiger partial charge on any atom is -0.329 e. The molecule has 3 nitrogen and oxygen atoms in total. The zero-order chi connectivity index (χ0) is 13.8. The zero-order valence-electron chi connectivity index (χ0n) is 12.0. The van der Waals surface area contributed by atoms with E-state index in [-0.39, 0.29) is 6.04 Å². The number of imidazole rings is 1. The lowest BCUT2D eigenvalue weighted by molar-refractivity contribution is 0.484. The Morgan fingerprint density at radius 3 is 2.37 bits per heavy atom. The topological polar surface area (TPSA) is 43.8 Å². The Bertz CT molecular complexity index is 511. The first-order chi connectivity index (χ1) is 9.11. The van der Waals surface area contributed by atoms with Crippen LogP contribution in [0.2, 0.25) is 0 Å². The summed E-state index contributed by atoms with van der Waals surface area (Å²) in [6.45, 7) is 7.28. The highest BCUT2D eigenvalue weighted by Gasteiger charge is 2.15. The Labute approximate surface area is 115 Å². The average Bonchev–Trinajstić information content (AvgIpc) is 2.86. The van der Waals surface area contributed by atoms with E-state index in [0.29, 0.717) is 5.92 Å². The number of nitrogens with zero attached hydrogens (tertiary/aromatic N) is 2. The Kier molecular flexibility index (Phi) is 4.38. The maximum atomic E-state index is 6.22. The predicted molar refractivity (Wildman–Crippen MR) is 78.9 cm³/mol. The van der Waals surface area contributed by atoms with Crippen molar-refractivity contribution in [3.8, 4) is 0 Å². The van der Waals surface area contributed by atoms with E-state index in [1.807, 2.05) is 12.5 Å². The molecule has 0 saturated carbocycles.